The summed E-state index contributed by atoms with van der Waals surface area (Å²) in [5.41, 5.74) is 0. The van der Waals surface area contributed by atoms with E-state index in [1.54, 1.807) is 6.08 Å². The van der Waals surface area contributed by atoms with E-state index < -0.39 is 67.4 Å². The molecule has 1 rings (SSSR count). The van der Waals surface area contributed by atoms with Crippen LogP contribution in [0.4, 0.5) is 0 Å². The minimum Gasteiger partial charge on any atom is -0.454 e. The second-order valence-corrected chi connectivity index (χ2v) is 22.1. The van der Waals surface area contributed by atoms with E-state index in [1.807, 2.05) is 6.08 Å². The standard InChI is InChI=1S/C67H119NO10/c1-4-7-10-13-16-19-22-24-25-26-27-28-29-30-31-32-33-34-35-37-40-43-46-49-52-55-62(72)78-65-64(74)63(73)61(56-69)77-67(65)76-57-58(59(70)53-50-47-44-41-38-21-18-15-12-9-6-3)68-66(75)60(71)54-51-48-45-42-39-36-23-20-17-14-11-8-5-2/h7,10,16,19,24-25,27-28,30-31,50,53,58-61,63-65,67,69-71,73-74H,4-6,8-9,11-15,17-18,20-23,26,29,32-49,51-52,54-57H2,1-3H3,(H,68,75)/b10-7-,19-16-,25-24-,28-27-,31-30-,53-50+. The second kappa shape index (κ2) is 54.7. The number of carbonyl (C=O) groups is 2. The first-order valence-corrected chi connectivity index (χ1v) is 32.2. The maximum Gasteiger partial charge on any atom is 0.306 e. The summed E-state index contributed by atoms with van der Waals surface area (Å²) in [6.45, 7) is 5.67. The van der Waals surface area contributed by atoms with E-state index in [9.17, 15) is 35.1 Å². The topological polar surface area (TPSA) is 175 Å². The zero-order valence-electron chi connectivity index (χ0n) is 50.0. The Morgan fingerprint density at radius 2 is 0.923 bits per heavy atom. The third kappa shape index (κ3) is 42.0. The van der Waals surface area contributed by atoms with Gasteiger partial charge in [0.2, 0.25) is 5.91 Å². The number of unbranched alkanes of at least 4 members (excludes halogenated alkanes) is 30. The first-order valence-electron chi connectivity index (χ1n) is 32.2. The quantitative estimate of drug-likeness (QED) is 0.0195. The van der Waals surface area contributed by atoms with Gasteiger partial charge in [-0.1, -0.05) is 273 Å². The Morgan fingerprint density at radius 3 is 1.38 bits per heavy atom. The maximum absolute atomic E-state index is 13.4. The Morgan fingerprint density at radius 1 is 0.513 bits per heavy atom. The van der Waals surface area contributed by atoms with Crippen LogP contribution in [0.25, 0.3) is 0 Å². The molecular weight excluding hydrogens is 979 g/mol. The molecule has 0 aliphatic carbocycles. The number of esters is 1. The molecule has 452 valence electrons. The van der Waals surface area contributed by atoms with Crippen LogP contribution in [0.5, 0.6) is 0 Å². The van der Waals surface area contributed by atoms with Crippen molar-refractivity contribution in [2.75, 3.05) is 13.2 Å². The fraction of sp³-hybridized carbons (Fsp3) is 0.791. The molecule has 1 aliphatic rings. The van der Waals surface area contributed by atoms with Gasteiger partial charge in [0.15, 0.2) is 12.4 Å². The molecule has 0 aromatic carbocycles. The van der Waals surface area contributed by atoms with Gasteiger partial charge in [0.25, 0.3) is 0 Å². The molecule has 0 aromatic heterocycles. The minimum absolute atomic E-state index is 0.115. The molecule has 1 aliphatic heterocycles. The molecule has 1 heterocycles. The van der Waals surface area contributed by atoms with E-state index in [1.165, 1.54) is 128 Å². The molecule has 11 heteroatoms. The molecule has 0 aromatic rings. The van der Waals surface area contributed by atoms with Gasteiger partial charge in [-0.05, 0) is 70.6 Å². The summed E-state index contributed by atoms with van der Waals surface area (Å²) in [7, 11) is 0. The Bertz CT molecular complexity index is 1540. The number of amides is 1. The first-order chi connectivity index (χ1) is 38.2. The lowest BCUT2D eigenvalue weighted by molar-refractivity contribution is -0.305. The lowest BCUT2D eigenvalue weighted by Gasteiger charge is -2.41. The highest BCUT2D eigenvalue weighted by molar-refractivity contribution is 5.80. The first kappa shape index (κ1) is 73.1. The summed E-state index contributed by atoms with van der Waals surface area (Å²) in [5.74, 6) is -1.20. The number of nitrogens with one attached hydrogen (secondary N) is 1. The van der Waals surface area contributed by atoms with Crippen molar-refractivity contribution < 1.29 is 49.3 Å². The molecule has 1 amide bonds. The number of ether oxygens (including phenoxy) is 3. The third-order valence-electron chi connectivity index (χ3n) is 14.9. The van der Waals surface area contributed by atoms with Crippen molar-refractivity contribution in [2.45, 2.75) is 327 Å². The second-order valence-electron chi connectivity index (χ2n) is 22.1. The largest absolute Gasteiger partial charge is 0.454 e. The number of rotatable bonds is 54. The molecule has 1 saturated heterocycles. The van der Waals surface area contributed by atoms with E-state index in [2.05, 4.69) is 86.8 Å². The molecule has 0 radical (unpaired) electrons. The minimum atomic E-state index is -1.62. The van der Waals surface area contributed by atoms with E-state index in [-0.39, 0.29) is 13.0 Å². The number of hydrogen-bond acceptors (Lipinski definition) is 10. The zero-order valence-corrected chi connectivity index (χ0v) is 50.0. The average molecular weight is 1100 g/mol. The number of aliphatic hydroxyl groups excluding tert-OH is 5. The number of carbonyl (C=O) groups excluding carboxylic acids is 2. The Balaban J connectivity index is 2.59. The van der Waals surface area contributed by atoms with Crippen LogP contribution in [-0.4, -0.2) is 99.6 Å². The Hall–Kier alpha value is -2.90. The predicted molar refractivity (Wildman–Crippen MR) is 324 cm³/mol. The van der Waals surface area contributed by atoms with Gasteiger partial charge in [-0.25, -0.2) is 0 Å². The van der Waals surface area contributed by atoms with Crippen LogP contribution in [0.15, 0.2) is 72.9 Å². The van der Waals surface area contributed by atoms with Gasteiger partial charge in [-0.2, -0.15) is 0 Å². The normalized spacial score (nSPS) is 19.4. The van der Waals surface area contributed by atoms with Gasteiger partial charge in [0.1, 0.15) is 24.4 Å². The van der Waals surface area contributed by atoms with Crippen molar-refractivity contribution in [1.82, 2.24) is 5.32 Å². The number of aliphatic hydroxyl groups is 5. The SMILES string of the molecule is CC/C=C\C/C=C\C/C=C\C/C=C\C/C=C\CCCCCCCCCCCC(=O)OC1C(OCC(NC(=O)C(O)CCCCCCCCCCCCCCC)C(O)/C=C/CCCCCCCCCCC)OC(CO)C(O)C1O. The lowest BCUT2D eigenvalue weighted by atomic mass is 9.99. The fourth-order valence-corrected chi connectivity index (χ4v) is 9.80. The van der Waals surface area contributed by atoms with Crippen LogP contribution in [0.3, 0.4) is 0 Å². The van der Waals surface area contributed by atoms with Gasteiger partial charge in [0, 0.05) is 6.42 Å². The van der Waals surface area contributed by atoms with E-state index in [0.29, 0.717) is 19.3 Å². The van der Waals surface area contributed by atoms with Crippen molar-refractivity contribution in [3.8, 4) is 0 Å². The average Bonchev–Trinajstić information content (AvgIpc) is 3.44. The molecule has 1 fully saturated rings. The van der Waals surface area contributed by atoms with Crippen molar-refractivity contribution in [2.24, 2.45) is 0 Å². The van der Waals surface area contributed by atoms with Crippen LogP contribution < -0.4 is 5.32 Å². The van der Waals surface area contributed by atoms with Gasteiger partial charge >= 0.3 is 5.97 Å². The zero-order chi connectivity index (χ0) is 56.8. The van der Waals surface area contributed by atoms with Crippen LogP contribution >= 0.6 is 0 Å². The van der Waals surface area contributed by atoms with Crippen LogP contribution in [0.1, 0.15) is 278 Å². The molecular formula is C67H119NO10. The van der Waals surface area contributed by atoms with Crippen LogP contribution in [0.2, 0.25) is 0 Å². The summed E-state index contributed by atoms with van der Waals surface area (Å²) < 4.78 is 17.6. The Kier molecular flexibility index (Phi) is 51.3. The van der Waals surface area contributed by atoms with Crippen LogP contribution in [0, 0.1) is 0 Å². The highest BCUT2D eigenvalue weighted by Crippen LogP contribution is 2.26. The van der Waals surface area contributed by atoms with Gasteiger partial charge in [-0.15, -0.1) is 0 Å². The molecule has 0 saturated carbocycles. The lowest BCUT2D eigenvalue weighted by Crippen LogP contribution is -2.61. The van der Waals surface area contributed by atoms with E-state index in [0.717, 1.165) is 103 Å². The fourth-order valence-electron chi connectivity index (χ4n) is 9.80. The summed E-state index contributed by atoms with van der Waals surface area (Å²) >= 11 is 0. The summed E-state index contributed by atoms with van der Waals surface area (Å²) in [5, 5.41) is 57.0. The van der Waals surface area contributed by atoms with Crippen LogP contribution in [-0.2, 0) is 23.8 Å². The molecule has 0 bridgehead atoms. The Labute approximate surface area is 477 Å². The molecule has 8 atom stereocenters. The van der Waals surface area contributed by atoms with E-state index in [4.69, 9.17) is 14.2 Å². The molecule has 0 spiro atoms. The highest BCUT2D eigenvalue weighted by Gasteiger charge is 2.47. The van der Waals surface area contributed by atoms with Gasteiger partial charge < -0.3 is 45.1 Å². The highest BCUT2D eigenvalue weighted by atomic mass is 16.7. The van der Waals surface area contributed by atoms with Gasteiger partial charge in [0.05, 0.1) is 25.4 Å². The molecule has 8 unspecified atom stereocenters. The summed E-state index contributed by atoms with van der Waals surface area (Å²) in [6.07, 6.45) is 59.4. The molecule has 78 heavy (non-hydrogen) atoms. The maximum atomic E-state index is 13.4. The van der Waals surface area contributed by atoms with Gasteiger partial charge in [-0.3, -0.25) is 9.59 Å². The van der Waals surface area contributed by atoms with Crippen molar-refractivity contribution in [1.29, 1.82) is 0 Å². The number of hydrogen-bond donors (Lipinski definition) is 6. The smallest absolute Gasteiger partial charge is 0.306 e. The molecule has 11 nitrogen and oxygen atoms in total. The van der Waals surface area contributed by atoms with Crippen molar-refractivity contribution in [3.63, 3.8) is 0 Å². The monoisotopic (exact) mass is 1100 g/mol. The number of allylic oxidation sites excluding steroid dienone is 11. The predicted octanol–water partition coefficient (Wildman–Crippen LogP) is 15.6. The summed E-state index contributed by atoms with van der Waals surface area (Å²) in [6, 6.07) is -1.02. The van der Waals surface area contributed by atoms with Crippen molar-refractivity contribution >= 4 is 11.9 Å². The molecule has 6 N–H and O–H groups in total. The summed E-state index contributed by atoms with van der Waals surface area (Å²) in [4.78, 5) is 26.5. The third-order valence-corrected chi connectivity index (χ3v) is 14.9. The van der Waals surface area contributed by atoms with E-state index >= 15 is 0 Å². The van der Waals surface area contributed by atoms with Crippen molar-refractivity contribution in [3.05, 3.63) is 72.9 Å².